The van der Waals surface area contributed by atoms with Crippen LogP contribution in [0.2, 0.25) is 0 Å². The maximum atomic E-state index is 13.6. The van der Waals surface area contributed by atoms with Crippen LogP contribution in [0.15, 0.2) is 53.4 Å². The molecule has 0 saturated heterocycles. The van der Waals surface area contributed by atoms with E-state index in [0.717, 1.165) is 11.8 Å². The summed E-state index contributed by atoms with van der Waals surface area (Å²) in [6.07, 6.45) is 0. The highest BCUT2D eigenvalue weighted by Gasteiger charge is 2.16. The van der Waals surface area contributed by atoms with Gasteiger partial charge in [-0.15, -0.1) is 0 Å². The highest BCUT2D eigenvalue weighted by atomic mass is 32.2. The molecule has 0 amide bonds. The van der Waals surface area contributed by atoms with Gasteiger partial charge in [-0.05, 0) is 23.8 Å². The third-order valence-corrected chi connectivity index (χ3v) is 5.57. The summed E-state index contributed by atoms with van der Waals surface area (Å²) in [6, 6.07) is 13.5. The van der Waals surface area contributed by atoms with Gasteiger partial charge in [-0.3, -0.25) is 0 Å². The summed E-state index contributed by atoms with van der Waals surface area (Å²) in [6.45, 7) is 0.285. The number of benzene rings is 2. The van der Waals surface area contributed by atoms with E-state index in [1.54, 1.807) is 11.8 Å². The van der Waals surface area contributed by atoms with Crippen molar-refractivity contribution in [1.29, 1.82) is 0 Å². The third kappa shape index (κ3) is 5.23. The fraction of sp³-hybridized carbons (Fsp3) is 0.250. The molecular formula is C16H18FNO3S2. The first-order valence-corrected chi connectivity index (χ1v) is 9.61. The van der Waals surface area contributed by atoms with E-state index in [1.807, 2.05) is 30.3 Å². The molecule has 23 heavy (non-hydrogen) atoms. The van der Waals surface area contributed by atoms with Crippen LogP contribution in [-0.2, 0) is 15.8 Å². The van der Waals surface area contributed by atoms with E-state index >= 15 is 0 Å². The van der Waals surface area contributed by atoms with Gasteiger partial charge in [0, 0.05) is 18.1 Å². The number of hydrogen-bond donors (Lipinski definition) is 1. The molecule has 2 aromatic carbocycles. The maximum Gasteiger partial charge on any atom is 0.240 e. The molecule has 0 bridgehead atoms. The molecule has 124 valence electrons. The number of ether oxygens (including phenoxy) is 1. The van der Waals surface area contributed by atoms with Crippen LogP contribution in [0.25, 0.3) is 0 Å². The maximum absolute atomic E-state index is 13.6. The smallest absolute Gasteiger partial charge is 0.240 e. The summed E-state index contributed by atoms with van der Waals surface area (Å²) in [5.74, 6) is 0.767. The molecular weight excluding hydrogens is 337 g/mol. The summed E-state index contributed by atoms with van der Waals surface area (Å²) in [5.41, 5.74) is 1.19. The highest BCUT2D eigenvalue weighted by Crippen LogP contribution is 2.20. The van der Waals surface area contributed by atoms with Gasteiger partial charge in [-0.2, -0.15) is 11.8 Å². The van der Waals surface area contributed by atoms with Crippen LogP contribution in [0.4, 0.5) is 4.39 Å². The van der Waals surface area contributed by atoms with E-state index in [-0.39, 0.29) is 17.2 Å². The Bertz CT molecular complexity index is 736. The summed E-state index contributed by atoms with van der Waals surface area (Å²) in [7, 11) is -2.38. The lowest BCUT2D eigenvalue weighted by Gasteiger charge is -2.08. The molecule has 4 nitrogen and oxygen atoms in total. The minimum Gasteiger partial charge on any atom is -0.494 e. The van der Waals surface area contributed by atoms with Crippen molar-refractivity contribution >= 4 is 21.8 Å². The van der Waals surface area contributed by atoms with Crippen molar-refractivity contribution in [2.45, 2.75) is 10.6 Å². The monoisotopic (exact) mass is 355 g/mol. The van der Waals surface area contributed by atoms with Crippen LogP contribution in [-0.4, -0.2) is 27.8 Å². The van der Waals surface area contributed by atoms with E-state index < -0.39 is 15.8 Å². The fourth-order valence-electron chi connectivity index (χ4n) is 1.91. The Kier molecular flexibility index (Phi) is 6.44. The molecule has 1 N–H and O–H groups in total. The molecule has 2 aromatic rings. The Labute approximate surface area is 140 Å². The summed E-state index contributed by atoms with van der Waals surface area (Å²) in [5, 5.41) is 0. The van der Waals surface area contributed by atoms with Crippen LogP contribution >= 0.6 is 11.8 Å². The number of thioether (sulfide) groups is 1. The van der Waals surface area contributed by atoms with Crippen molar-refractivity contribution in [3.05, 3.63) is 59.9 Å². The van der Waals surface area contributed by atoms with Gasteiger partial charge in [0.15, 0.2) is 11.6 Å². The predicted molar refractivity (Wildman–Crippen MR) is 90.7 cm³/mol. The van der Waals surface area contributed by atoms with E-state index in [1.165, 1.54) is 24.8 Å². The van der Waals surface area contributed by atoms with Crippen molar-refractivity contribution in [3.63, 3.8) is 0 Å². The van der Waals surface area contributed by atoms with Crippen molar-refractivity contribution in [2.75, 3.05) is 19.4 Å². The summed E-state index contributed by atoms with van der Waals surface area (Å²) < 4.78 is 45.0. The number of sulfonamides is 1. The lowest BCUT2D eigenvalue weighted by atomic mass is 10.2. The Balaban J connectivity index is 1.83. The normalized spacial score (nSPS) is 11.4. The minimum absolute atomic E-state index is 0.0161. The van der Waals surface area contributed by atoms with E-state index in [9.17, 15) is 12.8 Å². The molecule has 0 fully saturated rings. The Morgan fingerprint density at radius 3 is 2.57 bits per heavy atom. The second kappa shape index (κ2) is 8.33. The van der Waals surface area contributed by atoms with E-state index in [4.69, 9.17) is 4.74 Å². The van der Waals surface area contributed by atoms with Crippen LogP contribution in [0, 0.1) is 5.82 Å². The number of hydrogen-bond acceptors (Lipinski definition) is 4. The molecule has 7 heteroatoms. The number of rotatable bonds is 8. The van der Waals surface area contributed by atoms with Crippen LogP contribution in [0.5, 0.6) is 5.75 Å². The van der Waals surface area contributed by atoms with Gasteiger partial charge in [0.2, 0.25) is 10.0 Å². The predicted octanol–water partition coefficient (Wildman–Crippen LogP) is 3.05. The fourth-order valence-corrected chi connectivity index (χ4v) is 3.90. The van der Waals surface area contributed by atoms with Crippen molar-refractivity contribution < 1.29 is 17.5 Å². The standard InChI is InChI=1S/C16H18FNO3S2/c1-21-16-8-7-14(11-15(16)17)23(19,20)18-9-10-22-12-13-5-3-2-4-6-13/h2-8,11,18H,9-10,12H2,1H3. The lowest BCUT2D eigenvalue weighted by Crippen LogP contribution is -2.26. The SMILES string of the molecule is COc1ccc(S(=O)(=O)NCCSCc2ccccc2)cc1F. The average Bonchev–Trinajstić information content (AvgIpc) is 2.55. The number of methoxy groups -OCH3 is 1. The molecule has 0 unspecified atom stereocenters. The Morgan fingerprint density at radius 1 is 1.17 bits per heavy atom. The molecule has 0 radical (unpaired) electrons. The zero-order chi connectivity index (χ0) is 16.7. The van der Waals surface area contributed by atoms with Crippen molar-refractivity contribution in [1.82, 2.24) is 4.72 Å². The van der Waals surface area contributed by atoms with E-state index in [0.29, 0.717) is 5.75 Å². The molecule has 0 atom stereocenters. The highest BCUT2D eigenvalue weighted by molar-refractivity contribution is 7.98. The van der Waals surface area contributed by atoms with Gasteiger partial charge in [0.1, 0.15) is 0 Å². The van der Waals surface area contributed by atoms with Gasteiger partial charge < -0.3 is 4.74 Å². The molecule has 0 aromatic heterocycles. The molecule has 0 spiro atoms. The lowest BCUT2D eigenvalue weighted by molar-refractivity contribution is 0.385. The molecule has 0 saturated carbocycles. The molecule has 0 heterocycles. The molecule has 0 aliphatic rings. The average molecular weight is 355 g/mol. The van der Waals surface area contributed by atoms with Crippen molar-refractivity contribution in [2.24, 2.45) is 0 Å². The number of halogens is 1. The molecule has 0 aliphatic heterocycles. The van der Waals surface area contributed by atoms with Gasteiger partial charge in [0.25, 0.3) is 0 Å². The molecule has 2 rings (SSSR count). The third-order valence-electron chi connectivity index (χ3n) is 3.08. The zero-order valence-electron chi connectivity index (χ0n) is 12.7. The van der Waals surface area contributed by atoms with Gasteiger partial charge >= 0.3 is 0 Å². The minimum atomic E-state index is -3.71. The Hall–Kier alpha value is -1.57. The largest absolute Gasteiger partial charge is 0.494 e. The summed E-state index contributed by atoms with van der Waals surface area (Å²) >= 11 is 1.63. The van der Waals surface area contributed by atoms with Gasteiger partial charge in [-0.1, -0.05) is 30.3 Å². The topological polar surface area (TPSA) is 55.4 Å². The van der Waals surface area contributed by atoms with Crippen molar-refractivity contribution in [3.8, 4) is 5.75 Å². The van der Waals surface area contributed by atoms with E-state index in [2.05, 4.69) is 4.72 Å². The summed E-state index contributed by atoms with van der Waals surface area (Å²) in [4.78, 5) is -0.108. The van der Waals surface area contributed by atoms with Gasteiger partial charge in [-0.25, -0.2) is 17.5 Å². The second-order valence-corrected chi connectivity index (χ2v) is 7.60. The van der Waals surface area contributed by atoms with Crippen LogP contribution < -0.4 is 9.46 Å². The zero-order valence-corrected chi connectivity index (χ0v) is 14.3. The van der Waals surface area contributed by atoms with Crippen LogP contribution in [0.1, 0.15) is 5.56 Å². The first-order valence-electron chi connectivity index (χ1n) is 6.98. The first-order chi connectivity index (χ1) is 11.0. The molecule has 0 aliphatic carbocycles. The second-order valence-electron chi connectivity index (χ2n) is 4.73. The first kappa shape index (κ1) is 17.8. The van der Waals surface area contributed by atoms with Crippen LogP contribution in [0.3, 0.4) is 0 Å². The van der Waals surface area contributed by atoms with Gasteiger partial charge in [0.05, 0.1) is 12.0 Å². The number of nitrogens with one attached hydrogen (secondary N) is 1. The Morgan fingerprint density at radius 2 is 1.91 bits per heavy atom. The quantitative estimate of drug-likeness (QED) is 0.740.